The average molecular weight is 339 g/mol. The van der Waals surface area contributed by atoms with Crippen molar-refractivity contribution in [2.24, 2.45) is 7.05 Å². The Labute approximate surface area is 150 Å². The second kappa shape index (κ2) is 5.46. The molecule has 0 aliphatic carbocycles. The Morgan fingerprint density at radius 1 is 0.846 bits per heavy atom. The zero-order valence-corrected chi connectivity index (χ0v) is 14.3. The number of nitrogen functional groups attached to an aromatic ring is 1. The Hall–Kier alpha value is -3.60. The summed E-state index contributed by atoms with van der Waals surface area (Å²) in [6, 6.07) is 22.1. The van der Waals surface area contributed by atoms with E-state index in [0.29, 0.717) is 0 Å². The van der Waals surface area contributed by atoms with E-state index in [1.54, 1.807) is 0 Å². The fraction of sp³-hybridized carbons (Fsp3) is 0.0476. The number of aromatic amines is 1. The molecule has 0 fully saturated rings. The molecule has 126 valence electrons. The van der Waals surface area contributed by atoms with Crippen LogP contribution in [0.15, 0.2) is 66.7 Å². The number of fused-ring (bicyclic) bond motifs is 2. The number of nitrogens with one attached hydrogen (secondary N) is 1. The van der Waals surface area contributed by atoms with Gasteiger partial charge in [-0.15, -0.1) is 0 Å². The number of anilines is 1. The van der Waals surface area contributed by atoms with Crippen molar-refractivity contribution < 1.29 is 0 Å². The van der Waals surface area contributed by atoms with E-state index in [2.05, 4.69) is 38.8 Å². The Balaban J connectivity index is 1.56. The van der Waals surface area contributed by atoms with Crippen molar-refractivity contribution in [1.82, 2.24) is 19.5 Å². The minimum Gasteiger partial charge on any atom is -0.399 e. The van der Waals surface area contributed by atoms with Gasteiger partial charge in [0.15, 0.2) is 0 Å². The first kappa shape index (κ1) is 14.7. The smallest absolute Gasteiger partial charge is 0.140 e. The largest absolute Gasteiger partial charge is 0.399 e. The van der Waals surface area contributed by atoms with Crippen molar-refractivity contribution in [3.05, 3.63) is 66.7 Å². The van der Waals surface area contributed by atoms with Gasteiger partial charge < -0.3 is 15.3 Å². The summed E-state index contributed by atoms with van der Waals surface area (Å²) in [5.74, 6) is 1.79. The summed E-state index contributed by atoms with van der Waals surface area (Å²) in [4.78, 5) is 12.8. The Morgan fingerprint density at radius 3 is 2.42 bits per heavy atom. The molecule has 3 N–H and O–H groups in total. The minimum atomic E-state index is 0.724. The molecular weight excluding hydrogens is 322 g/mol. The molecule has 0 amide bonds. The maximum atomic E-state index is 5.88. The Kier molecular flexibility index (Phi) is 3.09. The second-order valence-electron chi connectivity index (χ2n) is 6.42. The Bertz CT molecular complexity index is 1210. The number of benzene rings is 3. The number of rotatable bonds is 2. The van der Waals surface area contributed by atoms with E-state index in [-0.39, 0.29) is 0 Å². The summed E-state index contributed by atoms with van der Waals surface area (Å²) in [7, 11) is 2.02. The highest BCUT2D eigenvalue weighted by Gasteiger charge is 2.11. The molecule has 0 saturated heterocycles. The normalized spacial score (nSPS) is 11.4. The number of H-pyrrole nitrogens is 1. The molecule has 3 aromatic carbocycles. The highest BCUT2D eigenvalue weighted by molar-refractivity contribution is 5.84. The lowest BCUT2D eigenvalue weighted by Gasteiger charge is -2.04. The van der Waals surface area contributed by atoms with Crippen molar-refractivity contribution in [3.63, 3.8) is 0 Å². The van der Waals surface area contributed by atoms with E-state index in [1.165, 1.54) is 0 Å². The molecule has 0 aliphatic heterocycles. The predicted molar refractivity (Wildman–Crippen MR) is 106 cm³/mol. The van der Waals surface area contributed by atoms with E-state index < -0.39 is 0 Å². The van der Waals surface area contributed by atoms with Crippen LogP contribution in [0.3, 0.4) is 0 Å². The number of nitrogens with two attached hydrogens (primary N) is 1. The van der Waals surface area contributed by atoms with E-state index in [0.717, 1.165) is 50.5 Å². The average Bonchev–Trinajstić information content (AvgIpc) is 3.23. The third kappa shape index (κ3) is 2.25. The van der Waals surface area contributed by atoms with Gasteiger partial charge in [0.1, 0.15) is 11.6 Å². The molecule has 0 bridgehead atoms. The predicted octanol–water partition coefficient (Wildman–Crippen LogP) is 4.37. The first-order valence-electron chi connectivity index (χ1n) is 8.46. The van der Waals surface area contributed by atoms with E-state index in [1.807, 2.05) is 49.5 Å². The van der Waals surface area contributed by atoms with Crippen molar-refractivity contribution >= 4 is 27.8 Å². The van der Waals surface area contributed by atoms with Crippen molar-refractivity contribution in [1.29, 1.82) is 0 Å². The van der Waals surface area contributed by atoms with Gasteiger partial charge in [-0.25, -0.2) is 9.97 Å². The third-order valence-electron chi connectivity index (χ3n) is 4.71. The van der Waals surface area contributed by atoms with Gasteiger partial charge in [-0.05, 0) is 30.3 Å². The number of nitrogens with zero attached hydrogens (tertiary/aromatic N) is 3. The van der Waals surface area contributed by atoms with Gasteiger partial charge in [-0.1, -0.05) is 36.4 Å². The lowest BCUT2D eigenvalue weighted by molar-refractivity contribution is 0.959. The van der Waals surface area contributed by atoms with Crippen LogP contribution < -0.4 is 5.73 Å². The van der Waals surface area contributed by atoms with Crippen molar-refractivity contribution in [2.45, 2.75) is 0 Å². The van der Waals surface area contributed by atoms with Crippen LogP contribution in [0, 0.1) is 0 Å². The lowest BCUT2D eigenvalue weighted by atomic mass is 10.1. The zero-order valence-electron chi connectivity index (χ0n) is 14.3. The van der Waals surface area contributed by atoms with E-state index in [9.17, 15) is 0 Å². The quantitative estimate of drug-likeness (QED) is 0.469. The van der Waals surface area contributed by atoms with Crippen LogP contribution in [0.4, 0.5) is 5.69 Å². The van der Waals surface area contributed by atoms with Gasteiger partial charge in [0.2, 0.25) is 0 Å². The standard InChI is InChI=1S/C21H17N5/c1-26-19-11-10-15(22)12-18(19)25-21(26)14-8-6-13(7-9-14)20-23-16-4-2-3-5-17(16)24-20/h2-12H,22H2,1H3,(H,23,24). The van der Waals surface area contributed by atoms with Gasteiger partial charge >= 0.3 is 0 Å². The van der Waals surface area contributed by atoms with Crippen LogP contribution in [0.2, 0.25) is 0 Å². The van der Waals surface area contributed by atoms with Crippen LogP contribution in [-0.4, -0.2) is 19.5 Å². The van der Waals surface area contributed by atoms with Crippen molar-refractivity contribution in [3.8, 4) is 22.8 Å². The molecule has 5 nitrogen and oxygen atoms in total. The highest BCUT2D eigenvalue weighted by Crippen LogP contribution is 2.27. The molecule has 2 aromatic heterocycles. The van der Waals surface area contributed by atoms with Crippen LogP contribution in [-0.2, 0) is 7.05 Å². The maximum Gasteiger partial charge on any atom is 0.140 e. The maximum absolute atomic E-state index is 5.88. The number of hydrogen-bond donors (Lipinski definition) is 2. The first-order chi connectivity index (χ1) is 12.7. The van der Waals surface area contributed by atoms with Crippen LogP contribution in [0.1, 0.15) is 0 Å². The number of hydrogen-bond acceptors (Lipinski definition) is 3. The molecular formula is C21H17N5. The number of aromatic nitrogens is 4. The van der Waals surface area contributed by atoms with Gasteiger partial charge in [-0.2, -0.15) is 0 Å². The lowest BCUT2D eigenvalue weighted by Crippen LogP contribution is -1.92. The van der Waals surface area contributed by atoms with Crippen LogP contribution in [0.5, 0.6) is 0 Å². The van der Waals surface area contributed by atoms with Gasteiger partial charge in [0, 0.05) is 23.9 Å². The highest BCUT2D eigenvalue weighted by atomic mass is 15.1. The molecule has 0 spiro atoms. The summed E-state index contributed by atoms with van der Waals surface area (Å²) >= 11 is 0. The minimum absolute atomic E-state index is 0.724. The summed E-state index contributed by atoms with van der Waals surface area (Å²) in [5, 5.41) is 0. The molecule has 0 saturated carbocycles. The summed E-state index contributed by atoms with van der Waals surface area (Å²) in [6.07, 6.45) is 0. The number of imidazole rings is 2. The fourth-order valence-electron chi connectivity index (χ4n) is 3.34. The summed E-state index contributed by atoms with van der Waals surface area (Å²) in [5.41, 5.74) is 12.7. The SMILES string of the molecule is Cn1c(-c2ccc(-c3nc4ccccc4[nH]3)cc2)nc2cc(N)ccc21. The molecule has 2 heterocycles. The molecule has 0 unspecified atom stereocenters. The number of para-hydroxylation sites is 2. The molecule has 26 heavy (non-hydrogen) atoms. The van der Waals surface area contributed by atoms with Gasteiger partial charge in [0.05, 0.1) is 22.1 Å². The van der Waals surface area contributed by atoms with Crippen LogP contribution >= 0.6 is 0 Å². The molecule has 0 atom stereocenters. The summed E-state index contributed by atoms with van der Waals surface area (Å²) < 4.78 is 2.09. The zero-order chi connectivity index (χ0) is 17.7. The second-order valence-corrected chi connectivity index (χ2v) is 6.42. The van der Waals surface area contributed by atoms with Crippen LogP contribution in [0.25, 0.3) is 44.8 Å². The fourth-order valence-corrected chi connectivity index (χ4v) is 3.34. The molecule has 5 rings (SSSR count). The van der Waals surface area contributed by atoms with E-state index >= 15 is 0 Å². The summed E-state index contributed by atoms with van der Waals surface area (Å²) in [6.45, 7) is 0. The Morgan fingerprint density at radius 2 is 1.62 bits per heavy atom. The van der Waals surface area contributed by atoms with Crippen molar-refractivity contribution in [2.75, 3.05) is 5.73 Å². The third-order valence-corrected chi connectivity index (χ3v) is 4.71. The first-order valence-corrected chi connectivity index (χ1v) is 8.46. The number of aryl methyl sites for hydroxylation is 1. The van der Waals surface area contributed by atoms with E-state index in [4.69, 9.17) is 10.7 Å². The topological polar surface area (TPSA) is 72.5 Å². The molecule has 5 heteroatoms. The van der Waals surface area contributed by atoms with Gasteiger partial charge in [0.25, 0.3) is 0 Å². The molecule has 0 aliphatic rings. The van der Waals surface area contributed by atoms with Gasteiger partial charge in [-0.3, -0.25) is 0 Å². The molecule has 5 aromatic rings. The monoisotopic (exact) mass is 339 g/mol. The molecule has 0 radical (unpaired) electrons.